The van der Waals surface area contributed by atoms with Crippen LogP contribution in [0.25, 0.3) is 0 Å². The normalized spacial score (nSPS) is 12.1. The van der Waals surface area contributed by atoms with Gasteiger partial charge in [-0.15, -0.1) is 0 Å². The minimum absolute atomic E-state index is 0.0279. The first-order valence-electron chi connectivity index (χ1n) is 8.99. The Morgan fingerprint density at radius 2 is 1.38 bits per heavy atom. The lowest BCUT2D eigenvalue weighted by Crippen LogP contribution is -2.35. The van der Waals surface area contributed by atoms with Gasteiger partial charge in [0.25, 0.3) is 0 Å². The van der Waals surface area contributed by atoms with Crippen LogP contribution in [-0.4, -0.2) is 18.2 Å². The number of aldehydes is 1. The molecule has 0 rings (SSSR count). The van der Waals surface area contributed by atoms with Crippen LogP contribution in [0.4, 0.5) is 0 Å². The van der Waals surface area contributed by atoms with E-state index in [1.807, 2.05) is 6.92 Å². The molecule has 0 aliphatic carbocycles. The maximum Gasteiger partial charge on any atom is 0.220 e. The van der Waals surface area contributed by atoms with Crippen LogP contribution in [-0.2, 0) is 9.59 Å². The van der Waals surface area contributed by atoms with Gasteiger partial charge in [-0.1, -0.05) is 78.1 Å². The lowest BCUT2D eigenvalue weighted by Gasteiger charge is -2.11. The molecule has 0 spiro atoms. The Kier molecular flexibility index (Phi) is 14.9. The summed E-state index contributed by atoms with van der Waals surface area (Å²) in [5, 5.41) is 2.79. The van der Waals surface area contributed by atoms with Crippen molar-refractivity contribution in [3.8, 4) is 0 Å². The van der Waals surface area contributed by atoms with Crippen LogP contribution in [0.2, 0.25) is 0 Å². The molecular formula is C18H35NO2. The van der Waals surface area contributed by atoms with Crippen LogP contribution in [0, 0.1) is 0 Å². The number of nitrogens with one attached hydrogen (secondary N) is 1. The van der Waals surface area contributed by atoms with E-state index in [0.29, 0.717) is 6.42 Å². The van der Waals surface area contributed by atoms with Crippen LogP contribution < -0.4 is 5.32 Å². The summed E-state index contributed by atoms with van der Waals surface area (Å²) in [6, 6.07) is -0.286. The quantitative estimate of drug-likeness (QED) is 0.349. The Bertz CT molecular complexity index is 254. The summed E-state index contributed by atoms with van der Waals surface area (Å²) in [5.41, 5.74) is 0. The van der Waals surface area contributed by atoms with Gasteiger partial charge in [-0.2, -0.15) is 0 Å². The molecule has 21 heavy (non-hydrogen) atoms. The molecule has 0 bridgehead atoms. The van der Waals surface area contributed by atoms with E-state index in [9.17, 15) is 9.59 Å². The number of amides is 1. The Balaban J connectivity index is 3.34. The van der Waals surface area contributed by atoms with Crippen LogP contribution >= 0.6 is 0 Å². The SMILES string of the molecule is CCCCCCCCCCCCC(=O)NC(C=O)CCC. The van der Waals surface area contributed by atoms with Gasteiger partial charge >= 0.3 is 0 Å². The molecule has 0 aromatic rings. The van der Waals surface area contributed by atoms with Crippen LogP contribution in [0.3, 0.4) is 0 Å². The largest absolute Gasteiger partial charge is 0.347 e. The summed E-state index contributed by atoms with van der Waals surface area (Å²) in [4.78, 5) is 22.4. The van der Waals surface area contributed by atoms with Crippen molar-refractivity contribution >= 4 is 12.2 Å². The van der Waals surface area contributed by atoms with Gasteiger partial charge in [-0.25, -0.2) is 0 Å². The predicted molar refractivity (Wildman–Crippen MR) is 89.4 cm³/mol. The van der Waals surface area contributed by atoms with Crippen LogP contribution in [0.15, 0.2) is 0 Å². The van der Waals surface area contributed by atoms with Crippen molar-refractivity contribution in [2.45, 2.75) is 103 Å². The third-order valence-electron chi connectivity index (χ3n) is 3.87. The topological polar surface area (TPSA) is 46.2 Å². The van der Waals surface area contributed by atoms with Gasteiger partial charge in [-0.05, 0) is 12.8 Å². The van der Waals surface area contributed by atoms with E-state index in [1.54, 1.807) is 0 Å². The molecule has 0 fully saturated rings. The minimum Gasteiger partial charge on any atom is -0.347 e. The van der Waals surface area contributed by atoms with E-state index < -0.39 is 0 Å². The molecule has 3 heteroatoms. The van der Waals surface area contributed by atoms with Crippen molar-refractivity contribution in [1.29, 1.82) is 0 Å². The number of hydrogen-bond acceptors (Lipinski definition) is 2. The fourth-order valence-corrected chi connectivity index (χ4v) is 2.54. The number of hydrogen-bond donors (Lipinski definition) is 1. The molecule has 1 amide bonds. The highest BCUT2D eigenvalue weighted by atomic mass is 16.2. The molecular weight excluding hydrogens is 262 g/mol. The summed E-state index contributed by atoms with van der Waals surface area (Å²) >= 11 is 0. The molecule has 1 unspecified atom stereocenters. The molecule has 0 aliphatic rings. The van der Waals surface area contributed by atoms with Gasteiger partial charge in [-0.3, -0.25) is 4.79 Å². The van der Waals surface area contributed by atoms with E-state index >= 15 is 0 Å². The zero-order valence-electron chi connectivity index (χ0n) is 14.2. The Labute approximate surface area is 131 Å². The average molecular weight is 297 g/mol. The Morgan fingerprint density at radius 3 is 1.86 bits per heavy atom. The van der Waals surface area contributed by atoms with Gasteiger partial charge in [0.05, 0.1) is 6.04 Å². The lowest BCUT2D eigenvalue weighted by atomic mass is 10.1. The van der Waals surface area contributed by atoms with E-state index in [1.165, 1.54) is 51.4 Å². The first-order chi connectivity index (χ1) is 10.2. The first-order valence-corrected chi connectivity index (χ1v) is 8.99. The lowest BCUT2D eigenvalue weighted by molar-refractivity contribution is -0.124. The molecule has 0 aliphatic heterocycles. The second-order valence-corrected chi connectivity index (χ2v) is 6.03. The fourth-order valence-electron chi connectivity index (χ4n) is 2.54. The number of carbonyl (C=O) groups is 2. The molecule has 1 N–H and O–H groups in total. The van der Waals surface area contributed by atoms with Crippen molar-refractivity contribution in [2.75, 3.05) is 0 Å². The van der Waals surface area contributed by atoms with Crippen molar-refractivity contribution in [1.82, 2.24) is 5.32 Å². The molecule has 0 saturated carbocycles. The third kappa shape index (κ3) is 13.9. The summed E-state index contributed by atoms with van der Waals surface area (Å²) in [6.45, 7) is 4.26. The second-order valence-electron chi connectivity index (χ2n) is 6.03. The summed E-state index contributed by atoms with van der Waals surface area (Å²) in [6.07, 6.45) is 15.8. The molecule has 124 valence electrons. The molecule has 1 atom stereocenters. The standard InChI is InChI=1S/C18H35NO2/c1-3-5-6-7-8-9-10-11-12-13-15-18(21)19-17(16-20)14-4-2/h16-17H,3-15H2,1-2H3,(H,19,21). The van der Waals surface area contributed by atoms with Crippen molar-refractivity contribution < 1.29 is 9.59 Å². The van der Waals surface area contributed by atoms with Crippen molar-refractivity contribution in [3.05, 3.63) is 0 Å². The zero-order chi connectivity index (χ0) is 15.8. The summed E-state index contributed by atoms with van der Waals surface area (Å²) in [5.74, 6) is 0.0279. The molecule has 0 heterocycles. The maximum atomic E-state index is 11.7. The van der Waals surface area contributed by atoms with Crippen LogP contribution in [0.5, 0.6) is 0 Å². The monoisotopic (exact) mass is 297 g/mol. The van der Waals surface area contributed by atoms with Crippen molar-refractivity contribution in [2.24, 2.45) is 0 Å². The van der Waals surface area contributed by atoms with E-state index in [2.05, 4.69) is 12.2 Å². The zero-order valence-corrected chi connectivity index (χ0v) is 14.2. The predicted octanol–water partition coefficient (Wildman–Crippen LogP) is 4.78. The molecule has 0 aromatic heterocycles. The molecule has 0 aromatic carbocycles. The number of unbranched alkanes of at least 4 members (excludes halogenated alkanes) is 9. The minimum atomic E-state index is -0.286. The van der Waals surface area contributed by atoms with Gasteiger partial charge < -0.3 is 10.1 Å². The smallest absolute Gasteiger partial charge is 0.220 e. The van der Waals surface area contributed by atoms with Gasteiger partial charge in [0, 0.05) is 6.42 Å². The van der Waals surface area contributed by atoms with E-state index in [4.69, 9.17) is 0 Å². The summed E-state index contributed by atoms with van der Waals surface area (Å²) < 4.78 is 0. The van der Waals surface area contributed by atoms with Crippen molar-refractivity contribution in [3.63, 3.8) is 0 Å². The highest BCUT2D eigenvalue weighted by Gasteiger charge is 2.09. The van der Waals surface area contributed by atoms with Crippen LogP contribution in [0.1, 0.15) is 97.3 Å². The average Bonchev–Trinajstić information content (AvgIpc) is 2.48. The van der Waals surface area contributed by atoms with Gasteiger partial charge in [0.2, 0.25) is 5.91 Å². The second kappa shape index (κ2) is 15.5. The Hall–Kier alpha value is -0.860. The maximum absolute atomic E-state index is 11.7. The number of carbonyl (C=O) groups excluding carboxylic acids is 2. The highest BCUT2D eigenvalue weighted by Crippen LogP contribution is 2.11. The van der Waals surface area contributed by atoms with E-state index in [0.717, 1.165) is 32.0 Å². The Morgan fingerprint density at radius 1 is 0.857 bits per heavy atom. The molecule has 0 radical (unpaired) electrons. The number of rotatable bonds is 15. The van der Waals surface area contributed by atoms with Gasteiger partial charge in [0.15, 0.2) is 0 Å². The first kappa shape index (κ1) is 20.1. The third-order valence-corrected chi connectivity index (χ3v) is 3.87. The molecule has 3 nitrogen and oxygen atoms in total. The summed E-state index contributed by atoms with van der Waals surface area (Å²) in [7, 11) is 0. The molecule has 0 saturated heterocycles. The van der Waals surface area contributed by atoms with Gasteiger partial charge in [0.1, 0.15) is 6.29 Å². The van der Waals surface area contributed by atoms with E-state index in [-0.39, 0.29) is 11.9 Å². The highest BCUT2D eigenvalue weighted by molar-refractivity contribution is 5.79. The fraction of sp³-hybridized carbons (Fsp3) is 0.889.